The second kappa shape index (κ2) is 8.70. The summed E-state index contributed by atoms with van der Waals surface area (Å²) in [5.74, 6) is -0.614. The zero-order chi connectivity index (χ0) is 13.2. The quantitative estimate of drug-likeness (QED) is 0.315. The number of esters is 1. The van der Waals surface area contributed by atoms with Gasteiger partial charge in [-0.1, -0.05) is 36.8 Å². The van der Waals surface area contributed by atoms with E-state index in [-0.39, 0.29) is 13.0 Å². The predicted molar refractivity (Wildman–Crippen MR) is 70.4 cm³/mol. The van der Waals surface area contributed by atoms with Crippen molar-refractivity contribution in [3.05, 3.63) is 35.9 Å². The van der Waals surface area contributed by atoms with E-state index in [9.17, 15) is 9.59 Å². The molecule has 0 bridgehead atoms. The van der Waals surface area contributed by atoms with Gasteiger partial charge in [0.15, 0.2) is 0 Å². The molecular weight excluding hydrogens is 252 g/mol. The fourth-order valence-corrected chi connectivity index (χ4v) is 1.65. The van der Waals surface area contributed by atoms with Gasteiger partial charge in [0.1, 0.15) is 6.61 Å². The van der Waals surface area contributed by atoms with Crippen LogP contribution in [0, 0.1) is 0 Å². The smallest absolute Gasteiger partial charge is 0.374 e. The number of Topliss-reactive ketones (excluding diaryl/α,β-unsaturated/α-hetero) is 1. The molecule has 0 aliphatic rings. The molecule has 0 aromatic heterocycles. The van der Waals surface area contributed by atoms with Crippen LogP contribution in [0.3, 0.4) is 0 Å². The first-order valence-corrected chi connectivity index (χ1v) is 6.57. The molecule has 98 valence electrons. The highest BCUT2D eigenvalue weighted by Gasteiger charge is 2.14. The summed E-state index contributed by atoms with van der Waals surface area (Å²) >= 11 is 5.52. The SMILES string of the molecule is O=C(CCCCCCl)C(=O)OCc1ccccc1. The number of ketones is 1. The number of alkyl halides is 1. The standard InChI is InChI=1S/C14H17ClO3/c15-10-6-2-5-9-13(16)14(17)18-11-12-7-3-1-4-8-12/h1,3-4,7-8H,2,5-6,9-11H2. The van der Waals surface area contributed by atoms with Gasteiger partial charge in [-0.25, -0.2) is 4.79 Å². The largest absolute Gasteiger partial charge is 0.455 e. The normalized spacial score (nSPS) is 10.1. The highest BCUT2D eigenvalue weighted by Crippen LogP contribution is 2.05. The van der Waals surface area contributed by atoms with Crippen LogP contribution in [0.5, 0.6) is 0 Å². The molecule has 1 rings (SSSR count). The third-order valence-corrected chi connectivity index (χ3v) is 2.75. The molecule has 0 amide bonds. The molecule has 0 saturated carbocycles. The van der Waals surface area contributed by atoms with E-state index in [1.807, 2.05) is 30.3 Å². The molecular formula is C14H17ClO3. The van der Waals surface area contributed by atoms with Gasteiger partial charge in [-0.2, -0.15) is 0 Å². The summed E-state index contributed by atoms with van der Waals surface area (Å²) in [5, 5.41) is 0. The highest BCUT2D eigenvalue weighted by molar-refractivity contribution is 6.33. The van der Waals surface area contributed by atoms with Crippen molar-refractivity contribution in [1.82, 2.24) is 0 Å². The second-order valence-corrected chi connectivity index (χ2v) is 4.36. The molecule has 0 N–H and O–H groups in total. The summed E-state index contributed by atoms with van der Waals surface area (Å²) in [7, 11) is 0. The van der Waals surface area contributed by atoms with E-state index >= 15 is 0 Å². The first-order valence-electron chi connectivity index (χ1n) is 6.04. The topological polar surface area (TPSA) is 43.4 Å². The van der Waals surface area contributed by atoms with Gasteiger partial charge in [0, 0.05) is 12.3 Å². The number of rotatable bonds is 8. The minimum atomic E-state index is -0.746. The molecule has 0 fully saturated rings. The molecule has 0 radical (unpaired) electrons. The van der Waals surface area contributed by atoms with Crippen LogP contribution in [0.4, 0.5) is 0 Å². The van der Waals surface area contributed by atoms with Crippen LogP contribution >= 0.6 is 11.6 Å². The van der Waals surface area contributed by atoms with Crippen LogP contribution in [0.2, 0.25) is 0 Å². The third-order valence-electron chi connectivity index (χ3n) is 2.48. The lowest BCUT2D eigenvalue weighted by molar-refractivity contribution is -0.154. The van der Waals surface area contributed by atoms with Crippen molar-refractivity contribution in [2.75, 3.05) is 5.88 Å². The predicted octanol–water partition coefficient (Wildman–Crippen LogP) is 3.10. The van der Waals surface area contributed by atoms with E-state index in [1.54, 1.807) is 0 Å². The van der Waals surface area contributed by atoms with Crippen LogP contribution < -0.4 is 0 Å². The summed E-state index contributed by atoms with van der Waals surface area (Å²) in [6, 6.07) is 9.29. The molecule has 4 heteroatoms. The van der Waals surface area contributed by atoms with Gasteiger partial charge in [0.05, 0.1) is 0 Å². The fraction of sp³-hybridized carbons (Fsp3) is 0.429. The molecule has 0 aliphatic carbocycles. The summed E-state index contributed by atoms with van der Waals surface area (Å²) < 4.78 is 4.93. The summed E-state index contributed by atoms with van der Waals surface area (Å²) in [6.45, 7) is 0.146. The molecule has 0 atom stereocenters. The molecule has 0 saturated heterocycles. The number of halogens is 1. The lowest BCUT2D eigenvalue weighted by Gasteiger charge is -2.04. The Bertz CT molecular complexity index is 376. The molecule has 0 unspecified atom stereocenters. The maximum absolute atomic E-state index is 11.4. The maximum Gasteiger partial charge on any atom is 0.374 e. The van der Waals surface area contributed by atoms with Crippen LogP contribution in [0.25, 0.3) is 0 Å². The average Bonchev–Trinajstić information content (AvgIpc) is 2.42. The molecule has 0 spiro atoms. The molecule has 1 aromatic carbocycles. The molecule has 0 aliphatic heterocycles. The highest BCUT2D eigenvalue weighted by atomic mass is 35.5. The van der Waals surface area contributed by atoms with Crippen molar-refractivity contribution in [3.8, 4) is 0 Å². The van der Waals surface area contributed by atoms with Gasteiger partial charge in [0.25, 0.3) is 0 Å². The Balaban J connectivity index is 2.22. The van der Waals surface area contributed by atoms with E-state index in [0.29, 0.717) is 12.3 Å². The van der Waals surface area contributed by atoms with Crippen molar-refractivity contribution < 1.29 is 14.3 Å². The summed E-state index contributed by atoms with van der Waals surface area (Å²) in [5.41, 5.74) is 0.876. The Hall–Kier alpha value is -1.35. The average molecular weight is 269 g/mol. The monoisotopic (exact) mass is 268 g/mol. The lowest BCUT2D eigenvalue weighted by Crippen LogP contribution is -2.17. The number of carbonyl (C=O) groups is 2. The molecule has 0 heterocycles. The Morgan fingerprint density at radius 1 is 1.06 bits per heavy atom. The number of unbranched alkanes of at least 4 members (excludes halogenated alkanes) is 2. The summed E-state index contributed by atoms with van der Waals surface area (Å²) in [4.78, 5) is 22.8. The van der Waals surface area contributed by atoms with E-state index < -0.39 is 11.8 Å². The van der Waals surface area contributed by atoms with Gasteiger partial charge in [-0.05, 0) is 18.4 Å². The van der Waals surface area contributed by atoms with E-state index in [2.05, 4.69) is 0 Å². The second-order valence-electron chi connectivity index (χ2n) is 3.98. The molecule has 18 heavy (non-hydrogen) atoms. The minimum absolute atomic E-state index is 0.146. The van der Waals surface area contributed by atoms with Crippen molar-refractivity contribution >= 4 is 23.4 Å². The summed E-state index contributed by atoms with van der Waals surface area (Å²) in [6.07, 6.45) is 2.66. The first-order chi connectivity index (χ1) is 8.74. The lowest BCUT2D eigenvalue weighted by atomic mass is 10.1. The Labute approximate surface area is 112 Å². The van der Waals surface area contributed by atoms with Crippen LogP contribution in [-0.4, -0.2) is 17.6 Å². The zero-order valence-electron chi connectivity index (χ0n) is 10.2. The molecule has 1 aromatic rings. The minimum Gasteiger partial charge on any atom is -0.455 e. The van der Waals surface area contributed by atoms with Gasteiger partial charge in [0.2, 0.25) is 5.78 Å². The van der Waals surface area contributed by atoms with Gasteiger partial charge in [-0.3, -0.25) is 4.79 Å². The van der Waals surface area contributed by atoms with Crippen molar-refractivity contribution in [2.24, 2.45) is 0 Å². The number of carbonyl (C=O) groups excluding carboxylic acids is 2. The number of ether oxygens (including phenoxy) is 1. The van der Waals surface area contributed by atoms with E-state index in [4.69, 9.17) is 16.3 Å². The first kappa shape index (κ1) is 14.7. The zero-order valence-corrected chi connectivity index (χ0v) is 11.0. The number of hydrogen-bond donors (Lipinski definition) is 0. The number of hydrogen-bond acceptors (Lipinski definition) is 3. The van der Waals surface area contributed by atoms with E-state index in [1.165, 1.54) is 0 Å². The Morgan fingerprint density at radius 2 is 1.78 bits per heavy atom. The van der Waals surface area contributed by atoms with E-state index in [0.717, 1.165) is 18.4 Å². The van der Waals surface area contributed by atoms with Gasteiger partial charge >= 0.3 is 5.97 Å². The Morgan fingerprint density at radius 3 is 2.44 bits per heavy atom. The van der Waals surface area contributed by atoms with Crippen LogP contribution in [0.15, 0.2) is 30.3 Å². The van der Waals surface area contributed by atoms with Gasteiger partial charge < -0.3 is 4.74 Å². The van der Waals surface area contributed by atoms with Crippen molar-refractivity contribution in [3.63, 3.8) is 0 Å². The molecule has 3 nitrogen and oxygen atoms in total. The van der Waals surface area contributed by atoms with Crippen LogP contribution in [-0.2, 0) is 20.9 Å². The third kappa shape index (κ3) is 5.82. The number of benzene rings is 1. The van der Waals surface area contributed by atoms with Gasteiger partial charge in [-0.15, -0.1) is 11.6 Å². The Kier molecular flexibility index (Phi) is 7.11. The van der Waals surface area contributed by atoms with Crippen molar-refractivity contribution in [1.29, 1.82) is 0 Å². The van der Waals surface area contributed by atoms with Crippen LogP contribution in [0.1, 0.15) is 31.2 Å². The fourth-order valence-electron chi connectivity index (χ4n) is 1.46. The van der Waals surface area contributed by atoms with Crippen molar-refractivity contribution in [2.45, 2.75) is 32.3 Å². The maximum atomic E-state index is 11.4.